The van der Waals surface area contributed by atoms with E-state index in [1.165, 1.54) is 4.90 Å². The predicted molar refractivity (Wildman–Crippen MR) is 96.4 cm³/mol. The normalized spacial score (nSPS) is 10.5. The Morgan fingerprint density at radius 1 is 1.24 bits per heavy atom. The van der Waals surface area contributed by atoms with Gasteiger partial charge in [-0.3, -0.25) is 0 Å². The molecular formula is C18H17ClN4O2. The molecule has 7 heteroatoms. The first-order valence-corrected chi connectivity index (χ1v) is 8.06. The predicted octanol–water partition coefficient (Wildman–Crippen LogP) is 4.36. The molecule has 0 saturated carbocycles. The summed E-state index contributed by atoms with van der Waals surface area (Å²) in [6, 6.07) is 14.5. The van der Waals surface area contributed by atoms with Gasteiger partial charge in [0.25, 0.3) is 0 Å². The van der Waals surface area contributed by atoms with Gasteiger partial charge in [0.2, 0.25) is 11.7 Å². The highest BCUT2D eigenvalue weighted by Gasteiger charge is 2.15. The van der Waals surface area contributed by atoms with Crippen molar-refractivity contribution in [1.29, 1.82) is 0 Å². The third-order valence-electron chi connectivity index (χ3n) is 3.54. The Morgan fingerprint density at radius 3 is 2.80 bits per heavy atom. The van der Waals surface area contributed by atoms with E-state index >= 15 is 0 Å². The van der Waals surface area contributed by atoms with Gasteiger partial charge in [-0.2, -0.15) is 4.98 Å². The molecule has 0 saturated heterocycles. The van der Waals surface area contributed by atoms with E-state index in [-0.39, 0.29) is 12.6 Å². The molecule has 0 aliphatic heterocycles. The highest BCUT2D eigenvalue weighted by Crippen LogP contribution is 2.18. The molecule has 3 rings (SSSR count). The summed E-state index contributed by atoms with van der Waals surface area (Å²) >= 11 is 5.91. The Bertz CT molecular complexity index is 894. The van der Waals surface area contributed by atoms with Crippen LogP contribution >= 0.6 is 11.6 Å². The van der Waals surface area contributed by atoms with Crippen LogP contribution in [0.1, 0.15) is 11.5 Å². The Kier molecular flexibility index (Phi) is 5.00. The van der Waals surface area contributed by atoms with Crippen LogP contribution in [-0.4, -0.2) is 28.1 Å². The highest BCUT2D eigenvalue weighted by atomic mass is 35.5. The van der Waals surface area contributed by atoms with Gasteiger partial charge in [-0.25, -0.2) is 4.79 Å². The zero-order chi connectivity index (χ0) is 17.8. The van der Waals surface area contributed by atoms with Crippen LogP contribution in [0.15, 0.2) is 53.1 Å². The maximum absolute atomic E-state index is 12.2. The minimum absolute atomic E-state index is 0.200. The number of aromatic nitrogens is 2. The van der Waals surface area contributed by atoms with Crippen LogP contribution in [0.5, 0.6) is 0 Å². The minimum atomic E-state index is -0.294. The second kappa shape index (κ2) is 7.36. The number of carbonyl (C=O) groups excluding carboxylic acids is 1. The van der Waals surface area contributed by atoms with Crippen molar-refractivity contribution in [2.24, 2.45) is 0 Å². The van der Waals surface area contributed by atoms with E-state index in [2.05, 4.69) is 15.5 Å². The largest absolute Gasteiger partial charge is 0.337 e. The van der Waals surface area contributed by atoms with Gasteiger partial charge < -0.3 is 14.7 Å². The SMILES string of the molecule is Cc1cccc(-c2noc(CN(C)C(=O)Nc3cccc(Cl)c3)n2)c1. The van der Waals surface area contributed by atoms with Crippen LogP contribution < -0.4 is 5.32 Å². The highest BCUT2D eigenvalue weighted by molar-refractivity contribution is 6.30. The van der Waals surface area contributed by atoms with Crippen molar-refractivity contribution in [3.8, 4) is 11.4 Å². The number of benzene rings is 2. The van der Waals surface area contributed by atoms with Gasteiger partial charge in [-0.15, -0.1) is 0 Å². The molecule has 25 heavy (non-hydrogen) atoms. The molecule has 0 fully saturated rings. The molecule has 2 aromatic carbocycles. The van der Waals surface area contributed by atoms with Crippen LogP contribution in [0.2, 0.25) is 5.02 Å². The third-order valence-corrected chi connectivity index (χ3v) is 3.77. The molecule has 0 aliphatic carbocycles. The molecule has 0 bridgehead atoms. The summed E-state index contributed by atoms with van der Waals surface area (Å²) in [5.74, 6) is 0.864. The quantitative estimate of drug-likeness (QED) is 0.753. The van der Waals surface area contributed by atoms with Crippen molar-refractivity contribution in [1.82, 2.24) is 15.0 Å². The summed E-state index contributed by atoms with van der Waals surface area (Å²) in [5.41, 5.74) is 2.61. The Morgan fingerprint density at radius 2 is 2.04 bits per heavy atom. The van der Waals surface area contributed by atoms with E-state index in [1.807, 2.05) is 31.2 Å². The molecule has 6 nitrogen and oxygen atoms in total. The van der Waals surface area contributed by atoms with Crippen LogP contribution in [-0.2, 0) is 6.54 Å². The smallest absolute Gasteiger partial charge is 0.322 e. The molecule has 0 atom stereocenters. The first-order chi connectivity index (χ1) is 12.0. The fourth-order valence-electron chi connectivity index (χ4n) is 2.28. The number of rotatable bonds is 4. The van der Waals surface area contributed by atoms with Crippen molar-refractivity contribution >= 4 is 23.3 Å². The van der Waals surface area contributed by atoms with Gasteiger partial charge in [0.1, 0.15) is 6.54 Å². The van der Waals surface area contributed by atoms with E-state index in [9.17, 15) is 4.79 Å². The van der Waals surface area contributed by atoms with E-state index in [0.29, 0.717) is 22.4 Å². The number of halogens is 1. The van der Waals surface area contributed by atoms with Gasteiger partial charge >= 0.3 is 6.03 Å². The fourth-order valence-corrected chi connectivity index (χ4v) is 2.47. The molecule has 2 amide bonds. The first kappa shape index (κ1) is 17.0. The summed E-state index contributed by atoms with van der Waals surface area (Å²) in [4.78, 5) is 18.0. The summed E-state index contributed by atoms with van der Waals surface area (Å²) in [7, 11) is 1.65. The van der Waals surface area contributed by atoms with E-state index in [1.54, 1.807) is 31.3 Å². The second-order valence-electron chi connectivity index (χ2n) is 5.68. The molecule has 3 aromatic rings. The number of aryl methyl sites for hydroxylation is 1. The molecule has 128 valence electrons. The first-order valence-electron chi connectivity index (χ1n) is 7.68. The topological polar surface area (TPSA) is 71.3 Å². The van der Waals surface area contributed by atoms with Crippen molar-refractivity contribution < 1.29 is 9.32 Å². The van der Waals surface area contributed by atoms with E-state index in [4.69, 9.17) is 16.1 Å². The second-order valence-corrected chi connectivity index (χ2v) is 6.11. The van der Waals surface area contributed by atoms with Gasteiger partial charge in [0, 0.05) is 23.3 Å². The van der Waals surface area contributed by atoms with E-state index in [0.717, 1.165) is 11.1 Å². The standard InChI is InChI=1S/C18H17ClN4O2/c1-12-5-3-6-13(9-12)17-21-16(25-22-17)11-23(2)18(24)20-15-8-4-7-14(19)10-15/h3-10H,11H2,1-2H3,(H,20,24). The number of nitrogens with zero attached hydrogens (tertiary/aromatic N) is 3. The average Bonchev–Trinajstić information content (AvgIpc) is 3.03. The number of urea groups is 1. The third kappa shape index (κ3) is 4.36. The van der Waals surface area contributed by atoms with Gasteiger partial charge in [0.05, 0.1) is 0 Å². The lowest BCUT2D eigenvalue weighted by Gasteiger charge is -2.15. The summed E-state index contributed by atoms with van der Waals surface area (Å²) in [6.07, 6.45) is 0. The maximum atomic E-state index is 12.2. The molecule has 1 N–H and O–H groups in total. The van der Waals surface area contributed by atoms with Gasteiger partial charge in [0.15, 0.2) is 0 Å². The molecular weight excluding hydrogens is 340 g/mol. The van der Waals surface area contributed by atoms with Gasteiger partial charge in [-0.05, 0) is 31.2 Å². The lowest BCUT2D eigenvalue weighted by Crippen LogP contribution is -2.30. The summed E-state index contributed by atoms with van der Waals surface area (Å²) in [5, 5.41) is 7.29. The molecule has 0 spiro atoms. The van der Waals surface area contributed by atoms with Crippen molar-refractivity contribution in [2.75, 3.05) is 12.4 Å². The summed E-state index contributed by atoms with van der Waals surface area (Å²) < 4.78 is 5.25. The summed E-state index contributed by atoms with van der Waals surface area (Å²) in [6.45, 7) is 2.20. The zero-order valence-electron chi connectivity index (χ0n) is 13.9. The van der Waals surface area contributed by atoms with Crippen molar-refractivity contribution in [2.45, 2.75) is 13.5 Å². The maximum Gasteiger partial charge on any atom is 0.322 e. The van der Waals surface area contributed by atoms with Crippen LogP contribution in [0.25, 0.3) is 11.4 Å². The van der Waals surface area contributed by atoms with Crippen LogP contribution in [0.4, 0.5) is 10.5 Å². The Hall–Kier alpha value is -2.86. The molecule has 0 radical (unpaired) electrons. The number of hydrogen-bond acceptors (Lipinski definition) is 4. The minimum Gasteiger partial charge on any atom is -0.337 e. The van der Waals surface area contributed by atoms with Crippen molar-refractivity contribution in [3.63, 3.8) is 0 Å². The number of amides is 2. The fraction of sp³-hybridized carbons (Fsp3) is 0.167. The Balaban J connectivity index is 1.65. The lowest BCUT2D eigenvalue weighted by molar-refractivity contribution is 0.213. The number of hydrogen-bond donors (Lipinski definition) is 1. The lowest BCUT2D eigenvalue weighted by atomic mass is 10.1. The van der Waals surface area contributed by atoms with Crippen LogP contribution in [0.3, 0.4) is 0 Å². The zero-order valence-corrected chi connectivity index (χ0v) is 14.6. The Labute approximate surface area is 150 Å². The number of anilines is 1. The number of nitrogens with one attached hydrogen (secondary N) is 1. The van der Waals surface area contributed by atoms with Crippen molar-refractivity contribution in [3.05, 3.63) is 65.0 Å². The average molecular weight is 357 g/mol. The van der Waals surface area contributed by atoms with Gasteiger partial charge in [-0.1, -0.05) is 46.6 Å². The molecule has 1 heterocycles. The molecule has 0 aliphatic rings. The molecule has 1 aromatic heterocycles. The molecule has 0 unspecified atom stereocenters. The number of carbonyl (C=O) groups is 1. The van der Waals surface area contributed by atoms with Crippen LogP contribution in [0, 0.1) is 6.92 Å². The van der Waals surface area contributed by atoms with E-state index < -0.39 is 0 Å². The monoisotopic (exact) mass is 356 g/mol.